The van der Waals surface area contributed by atoms with Crippen LogP contribution in [0.5, 0.6) is 5.75 Å². The zero-order chi connectivity index (χ0) is 18.4. The van der Waals surface area contributed by atoms with Gasteiger partial charge in [0.2, 0.25) is 5.91 Å². The number of halogens is 4. The van der Waals surface area contributed by atoms with Crippen LogP contribution in [0.3, 0.4) is 0 Å². The van der Waals surface area contributed by atoms with Crippen LogP contribution < -0.4 is 15.8 Å². The van der Waals surface area contributed by atoms with Crippen LogP contribution in [0.2, 0.25) is 0 Å². The van der Waals surface area contributed by atoms with Crippen molar-refractivity contribution in [3.63, 3.8) is 0 Å². The van der Waals surface area contributed by atoms with Crippen LogP contribution in [0.1, 0.15) is 39.2 Å². The highest BCUT2D eigenvalue weighted by Crippen LogP contribution is 2.27. The highest BCUT2D eigenvalue weighted by Gasteiger charge is 2.32. The molecule has 3 N–H and O–H groups in total. The fourth-order valence-corrected chi connectivity index (χ4v) is 2.67. The molecule has 1 aromatic rings. The zero-order valence-electron chi connectivity index (χ0n) is 14.7. The van der Waals surface area contributed by atoms with Crippen LogP contribution >= 0.6 is 12.4 Å². The molecule has 8 heteroatoms. The number of ether oxygens (including phenoxy) is 1. The molecule has 25 heavy (non-hydrogen) atoms. The summed E-state index contributed by atoms with van der Waals surface area (Å²) in [4.78, 5) is 12.1. The van der Waals surface area contributed by atoms with Gasteiger partial charge in [-0.3, -0.25) is 4.79 Å². The monoisotopic (exact) mass is 382 g/mol. The van der Waals surface area contributed by atoms with Gasteiger partial charge in [0.25, 0.3) is 0 Å². The van der Waals surface area contributed by atoms with Crippen molar-refractivity contribution in [2.45, 2.75) is 51.9 Å². The molecule has 1 aromatic carbocycles. The third kappa shape index (κ3) is 8.97. The average molecular weight is 383 g/mol. The maximum absolute atomic E-state index is 12.4. The van der Waals surface area contributed by atoms with Gasteiger partial charge in [-0.15, -0.1) is 25.6 Å². The van der Waals surface area contributed by atoms with Gasteiger partial charge in [0.1, 0.15) is 5.75 Å². The molecule has 0 fully saturated rings. The number of hydrogen-bond acceptors (Lipinski definition) is 3. The largest absolute Gasteiger partial charge is 0.573 e. The standard InChI is InChI=1S/C17H25F3N2O2.ClH/c1-12(2)10-16(3,11-21)22-15(23)9-8-13-6-4-5-7-14(13)24-17(18,19)20;/h4-7,12H,8-11,21H2,1-3H3,(H,22,23);1H. The number of rotatable bonds is 8. The SMILES string of the molecule is CC(C)CC(C)(CN)NC(=O)CCc1ccccc1OC(F)(F)F.Cl. The first-order valence-corrected chi connectivity index (χ1v) is 7.89. The lowest BCUT2D eigenvalue weighted by atomic mass is 9.90. The molecule has 0 saturated heterocycles. The first kappa shape index (κ1) is 23.5. The maximum atomic E-state index is 12.4. The second kappa shape index (κ2) is 9.87. The van der Waals surface area contributed by atoms with E-state index in [-0.39, 0.29) is 36.9 Å². The summed E-state index contributed by atoms with van der Waals surface area (Å²) in [5, 5.41) is 2.89. The number of carbonyl (C=O) groups is 1. The average Bonchev–Trinajstić information content (AvgIpc) is 2.43. The molecule has 1 amide bonds. The Bertz CT molecular complexity index is 553. The Hall–Kier alpha value is -1.47. The molecule has 1 rings (SSSR count). The van der Waals surface area contributed by atoms with E-state index in [4.69, 9.17) is 5.73 Å². The molecular weight excluding hydrogens is 357 g/mol. The molecule has 1 unspecified atom stereocenters. The van der Waals surface area contributed by atoms with Crippen LogP contribution in [0.15, 0.2) is 24.3 Å². The minimum Gasteiger partial charge on any atom is -0.406 e. The predicted octanol–water partition coefficient (Wildman–Crippen LogP) is 3.82. The smallest absolute Gasteiger partial charge is 0.406 e. The Labute approximate surface area is 152 Å². The van der Waals surface area contributed by atoms with Crippen molar-refractivity contribution in [3.8, 4) is 5.75 Å². The molecule has 1 atom stereocenters. The number of benzene rings is 1. The fourth-order valence-electron chi connectivity index (χ4n) is 2.67. The van der Waals surface area contributed by atoms with Gasteiger partial charge < -0.3 is 15.8 Å². The lowest BCUT2D eigenvalue weighted by molar-refractivity contribution is -0.274. The van der Waals surface area contributed by atoms with Crippen molar-refractivity contribution in [1.82, 2.24) is 5.32 Å². The maximum Gasteiger partial charge on any atom is 0.573 e. The third-order valence-electron chi connectivity index (χ3n) is 3.57. The fraction of sp³-hybridized carbons (Fsp3) is 0.588. The van der Waals surface area contributed by atoms with E-state index in [2.05, 4.69) is 10.1 Å². The molecular formula is C17H26ClF3N2O2. The summed E-state index contributed by atoms with van der Waals surface area (Å²) in [5.74, 6) is -0.160. The van der Waals surface area contributed by atoms with Crippen LogP contribution in [0, 0.1) is 5.92 Å². The number of carbonyl (C=O) groups excluding carboxylic acids is 1. The first-order chi connectivity index (χ1) is 11.0. The van der Waals surface area contributed by atoms with Crippen molar-refractivity contribution < 1.29 is 22.7 Å². The minimum absolute atomic E-state index is 0. The minimum atomic E-state index is -4.76. The molecule has 0 heterocycles. The highest BCUT2D eigenvalue weighted by molar-refractivity contribution is 5.85. The number of alkyl halides is 3. The van der Waals surface area contributed by atoms with Crippen molar-refractivity contribution >= 4 is 18.3 Å². The summed E-state index contributed by atoms with van der Waals surface area (Å²) in [7, 11) is 0. The lowest BCUT2D eigenvalue weighted by Crippen LogP contribution is -2.52. The van der Waals surface area contributed by atoms with E-state index in [9.17, 15) is 18.0 Å². The number of hydrogen-bond donors (Lipinski definition) is 2. The quantitative estimate of drug-likeness (QED) is 0.718. The van der Waals surface area contributed by atoms with E-state index in [1.54, 1.807) is 6.07 Å². The molecule has 0 radical (unpaired) electrons. The van der Waals surface area contributed by atoms with Crippen molar-refractivity contribution in [2.75, 3.05) is 6.54 Å². The molecule has 0 aliphatic rings. The summed E-state index contributed by atoms with van der Waals surface area (Å²) < 4.78 is 41.2. The van der Waals surface area contributed by atoms with E-state index in [0.717, 1.165) is 6.42 Å². The van der Waals surface area contributed by atoms with E-state index >= 15 is 0 Å². The Morgan fingerprint density at radius 1 is 1.28 bits per heavy atom. The van der Waals surface area contributed by atoms with Gasteiger partial charge in [-0.2, -0.15) is 0 Å². The Morgan fingerprint density at radius 3 is 2.40 bits per heavy atom. The van der Waals surface area contributed by atoms with Gasteiger partial charge in [0.05, 0.1) is 0 Å². The molecule has 0 spiro atoms. The van der Waals surface area contributed by atoms with Gasteiger partial charge in [-0.25, -0.2) is 0 Å². The number of nitrogens with one attached hydrogen (secondary N) is 1. The van der Waals surface area contributed by atoms with E-state index in [1.165, 1.54) is 18.2 Å². The molecule has 144 valence electrons. The summed E-state index contributed by atoms with van der Waals surface area (Å²) in [6.45, 7) is 6.23. The summed E-state index contributed by atoms with van der Waals surface area (Å²) >= 11 is 0. The number of amides is 1. The number of nitrogens with two attached hydrogens (primary N) is 1. The zero-order valence-corrected chi connectivity index (χ0v) is 15.5. The van der Waals surface area contributed by atoms with E-state index < -0.39 is 11.9 Å². The Balaban J connectivity index is 0.00000576. The van der Waals surface area contributed by atoms with Crippen molar-refractivity contribution in [1.29, 1.82) is 0 Å². The van der Waals surface area contributed by atoms with E-state index in [1.807, 2.05) is 20.8 Å². The van der Waals surface area contributed by atoms with Crippen molar-refractivity contribution in [2.24, 2.45) is 11.7 Å². The van der Waals surface area contributed by atoms with Crippen LogP contribution in [0.4, 0.5) is 13.2 Å². The lowest BCUT2D eigenvalue weighted by Gasteiger charge is -2.31. The van der Waals surface area contributed by atoms with E-state index in [0.29, 0.717) is 18.0 Å². The van der Waals surface area contributed by atoms with Gasteiger partial charge in [-0.05, 0) is 37.3 Å². The van der Waals surface area contributed by atoms with Crippen LogP contribution in [-0.4, -0.2) is 24.4 Å². The third-order valence-corrected chi connectivity index (χ3v) is 3.57. The van der Waals surface area contributed by atoms with Crippen molar-refractivity contribution in [3.05, 3.63) is 29.8 Å². The van der Waals surface area contributed by atoms with Crippen LogP contribution in [-0.2, 0) is 11.2 Å². The second-order valence-corrected chi connectivity index (χ2v) is 6.57. The normalized spacial score (nSPS) is 13.8. The Kier molecular flexibility index (Phi) is 9.29. The molecule has 0 bridgehead atoms. The van der Waals surface area contributed by atoms with Gasteiger partial charge >= 0.3 is 6.36 Å². The molecule has 0 aliphatic heterocycles. The number of aryl methyl sites for hydroxylation is 1. The number of para-hydroxylation sites is 1. The predicted molar refractivity (Wildman–Crippen MR) is 93.8 cm³/mol. The van der Waals surface area contributed by atoms with Gasteiger partial charge in [-0.1, -0.05) is 32.0 Å². The summed E-state index contributed by atoms with van der Waals surface area (Å²) in [6.07, 6.45) is -3.82. The highest BCUT2D eigenvalue weighted by atomic mass is 35.5. The molecule has 0 aromatic heterocycles. The summed E-state index contributed by atoms with van der Waals surface area (Å²) in [5.41, 5.74) is 5.56. The first-order valence-electron chi connectivity index (χ1n) is 7.89. The van der Waals surface area contributed by atoms with Gasteiger partial charge in [0.15, 0.2) is 0 Å². The van der Waals surface area contributed by atoms with Crippen LogP contribution in [0.25, 0.3) is 0 Å². The molecule has 4 nitrogen and oxygen atoms in total. The second-order valence-electron chi connectivity index (χ2n) is 6.57. The Morgan fingerprint density at radius 2 is 1.88 bits per heavy atom. The summed E-state index contributed by atoms with van der Waals surface area (Å²) in [6, 6.07) is 5.83. The molecule has 0 aliphatic carbocycles. The molecule has 0 saturated carbocycles. The topological polar surface area (TPSA) is 64.3 Å². The van der Waals surface area contributed by atoms with Gasteiger partial charge in [0, 0.05) is 18.5 Å².